The second kappa shape index (κ2) is 6.37. The van der Waals surface area contributed by atoms with Crippen LogP contribution in [-0.2, 0) is 0 Å². The molecule has 0 saturated heterocycles. The molecule has 0 radical (unpaired) electrons. The number of hydrogen-bond acceptors (Lipinski definition) is 4. The van der Waals surface area contributed by atoms with Gasteiger partial charge in [0.25, 0.3) is 5.91 Å². The lowest BCUT2D eigenvalue weighted by Crippen LogP contribution is -2.11. The smallest absolute Gasteiger partial charge is 0.259 e. The second-order valence-electron chi connectivity index (χ2n) is 4.64. The van der Waals surface area contributed by atoms with Crippen LogP contribution in [0.3, 0.4) is 0 Å². The Bertz CT molecular complexity index is 817. The largest absolute Gasteiger partial charge is 0.298 e. The predicted octanol–water partition coefficient (Wildman–Crippen LogP) is 4.53. The van der Waals surface area contributed by atoms with Crippen molar-refractivity contribution in [2.45, 2.75) is 6.92 Å². The van der Waals surface area contributed by atoms with Gasteiger partial charge in [-0.2, -0.15) is 0 Å². The summed E-state index contributed by atoms with van der Waals surface area (Å²) in [5.41, 5.74) is 2.43. The normalized spacial score (nSPS) is 10.5. The first-order chi connectivity index (χ1) is 10.6. The van der Waals surface area contributed by atoms with Crippen molar-refractivity contribution in [3.05, 3.63) is 63.7 Å². The molecule has 0 bridgehead atoms. The molecule has 0 atom stereocenters. The third kappa shape index (κ3) is 3.23. The molecule has 1 N–H and O–H groups in total. The Labute approximate surface area is 140 Å². The number of nitrogens with one attached hydrogen (secondary N) is 1. The summed E-state index contributed by atoms with van der Waals surface area (Å²) in [6.07, 6.45) is 3.16. The number of benzene rings is 1. The number of nitrogens with zero attached hydrogens (tertiary/aromatic N) is 2. The third-order valence-electron chi connectivity index (χ3n) is 3.03. The molecule has 2 aromatic heterocycles. The lowest BCUT2D eigenvalue weighted by atomic mass is 10.1. The van der Waals surface area contributed by atoms with Gasteiger partial charge in [-0.1, -0.05) is 30.3 Å². The maximum atomic E-state index is 12.2. The minimum absolute atomic E-state index is 0.220. The highest BCUT2D eigenvalue weighted by Gasteiger charge is 2.13. The summed E-state index contributed by atoms with van der Waals surface area (Å²) in [7, 11) is 0. The topological polar surface area (TPSA) is 54.9 Å². The molecule has 0 fully saturated rings. The van der Waals surface area contributed by atoms with E-state index in [9.17, 15) is 4.79 Å². The number of carbonyl (C=O) groups is 1. The minimum Gasteiger partial charge on any atom is -0.298 e. The number of amides is 1. The van der Waals surface area contributed by atoms with Crippen molar-refractivity contribution in [1.29, 1.82) is 0 Å². The minimum atomic E-state index is -0.220. The number of aromatic nitrogens is 2. The van der Waals surface area contributed by atoms with Crippen molar-refractivity contribution in [3.63, 3.8) is 0 Å². The number of aryl methyl sites for hydroxylation is 1. The van der Waals surface area contributed by atoms with Gasteiger partial charge in [0.1, 0.15) is 0 Å². The Morgan fingerprint density at radius 1 is 1.23 bits per heavy atom. The van der Waals surface area contributed by atoms with Gasteiger partial charge in [0.05, 0.1) is 11.3 Å². The molecule has 0 spiro atoms. The van der Waals surface area contributed by atoms with Crippen LogP contribution in [0.4, 0.5) is 5.13 Å². The summed E-state index contributed by atoms with van der Waals surface area (Å²) < 4.78 is 0.764. The number of carbonyl (C=O) groups excluding carboxylic acids is 1. The first-order valence-electron chi connectivity index (χ1n) is 6.58. The highest BCUT2D eigenvalue weighted by atomic mass is 79.9. The summed E-state index contributed by atoms with van der Waals surface area (Å²) in [4.78, 5) is 21.8. The van der Waals surface area contributed by atoms with Crippen molar-refractivity contribution in [2.24, 2.45) is 0 Å². The molecule has 4 nitrogen and oxygen atoms in total. The van der Waals surface area contributed by atoms with Crippen LogP contribution in [0.2, 0.25) is 0 Å². The van der Waals surface area contributed by atoms with Gasteiger partial charge in [0.2, 0.25) is 0 Å². The number of thiazole rings is 1. The van der Waals surface area contributed by atoms with E-state index in [0.717, 1.165) is 20.6 Å². The molecule has 0 unspecified atom stereocenters. The van der Waals surface area contributed by atoms with E-state index in [1.807, 2.05) is 37.3 Å². The van der Waals surface area contributed by atoms with E-state index in [2.05, 4.69) is 31.2 Å². The van der Waals surface area contributed by atoms with Crippen LogP contribution >= 0.6 is 27.3 Å². The van der Waals surface area contributed by atoms with Crippen molar-refractivity contribution in [2.75, 3.05) is 5.32 Å². The van der Waals surface area contributed by atoms with Crippen LogP contribution in [0.15, 0.2) is 53.3 Å². The van der Waals surface area contributed by atoms with Gasteiger partial charge < -0.3 is 0 Å². The number of anilines is 1. The molecule has 110 valence electrons. The molecular weight excluding hydrogens is 362 g/mol. The first kappa shape index (κ1) is 14.9. The average Bonchev–Trinajstić information content (AvgIpc) is 2.88. The van der Waals surface area contributed by atoms with Gasteiger partial charge >= 0.3 is 0 Å². The molecule has 3 aromatic rings. The first-order valence-corrected chi connectivity index (χ1v) is 8.19. The van der Waals surface area contributed by atoms with Crippen molar-refractivity contribution in [3.8, 4) is 11.3 Å². The van der Waals surface area contributed by atoms with Gasteiger partial charge in [-0.25, -0.2) is 4.98 Å². The zero-order valence-corrected chi connectivity index (χ0v) is 14.1. The molecular formula is C16H12BrN3OS. The predicted molar refractivity (Wildman–Crippen MR) is 92.2 cm³/mol. The van der Waals surface area contributed by atoms with E-state index < -0.39 is 0 Å². The van der Waals surface area contributed by atoms with Crippen molar-refractivity contribution < 1.29 is 4.79 Å². The Morgan fingerprint density at radius 2 is 2.00 bits per heavy atom. The number of pyridine rings is 1. The second-order valence-corrected chi connectivity index (χ2v) is 6.75. The van der Waals surface area contributed by atoms with Crippen molar-refractivity contribution >= 4 is 38.3 Å². The Balaban J connectivity index is 1.84. The Kier molecular flexibility index (Phi) is 4.31. The summed E-state index contributed by atoms with van der Waals surface area (Å²) in [6.45, 7) is 2.00. The standard InChI is InChI=1S/C16H12BrN3OS/c1-10-14(11-5-3-2-4-6-11)19-16(22-10)20-15(21)12-7-13(17)9-18-8-12/h2-9H,1H3,(H,19,20,21). The fourth-order valence-electron chi connectivity index (χ4n) is 2.02. The van der Waals surface area contributed by atoms with Gasteiger partial charge in [-0.3, -0.25) is 15.1 Å². The molecule has 0 aliphatic heterocycles. The molecule has 22 heavy (non-hydrogen) atoms. The van der Waals surface area contributed by atoms with Gasteiger partial charge in [0, 0.05) is 27.3 Å². The van der Waals surface area contributed by atoms with Gasteiger partial charge in [0.15, 0.2) is 5.13 Å². The van der Waals surface area contributed by atoms with Crippen LogP contribution in [0.25, 0.3) is 11.3 Å². The average molecular weight is 374 g/mol. The van der Waals surface area contributed by atoms with E-state index in [4.69, 9.17) is 0 Å². The van der Waals surface area contributed by atoms with Crippen molar-refractivity contribution in [1.82, 2.24) is 9.97 Å². The van der Waals surface area contributed by atoms with Crippen LogP contribution < -0.4 is 5.32 Å². The summed E-state index contributed by atoms with van der Waals surface area (Å²) >= 11 is 4.77. The lowest BCUT2D eigenvalue weighted by molar-refractivity contribution is 0.102. The van der Waals surface area contributed by atoms with E-state index in [0.29, 0.717) is 10.7 Å². The molecule has 0 aliphatic rings. The maximum Gasteiger partial charge on any atom is 0.259 e. The number of rotatable bonds is 3. The highest BCUT2D eigenvalue weighted by molar-refractivity contribution is 9.10. The molecule has 0 aliphatic carbocycles. The fourth-order valence-corrected chi connectivity index (χ4v) is 3.21. The SMILES string of the molecule is Cc1sc(NC(=O)c2cncc(Br)c2)nc1-c1ccccc1. The van der Waals surface area contributed by atoms with E-state index in [1.165, 1.54) is 17.5 Å². The Hall–Kier alpha value is -2.05. The van der Waals surface area contributed by atoms with Crippen LogP contribution in [0.1, 0.15) is 15.2 Å². The van der Waals surface area contributed by atoms with E-state index >= 15 is 0 Å². The summed E-state index contributed by atoms with van der Waals surface area (Å²) in [6, 6.07) is 11.6. The quantitative estimate of drug-likeness (QED) is 0.733. The van der Waals surface area contributed by atoms with Crippen LogP contribution in [-0.4, -0.2) is 15.9 Å². The molecule has 6 heteroatoms. The highest BCUT2D eigenvalue weighted by Crippen LogP contribution is 2.30. The molecule has 1 aromatic carbocycles. The molecule has 3 rings (SSSR count). The Morgan fingerprint density at radius 3 is 2.73 bits per heavy atom. The number of halogens is 1. The van der Waals surface area contributed by atoms with E-state index in [1.54, 1.807) is 12.3 Å². The third-order valence-corrected chi connectivity index (χ3v) is 4.35. The zero-order valence-electron chi connectivity index (χ0n) is 11.7. The lowest BCUT2D eigenvalue weighted by Gasteiger charge is -2.01. The molecule has 2 heterocycles. The van der Waals surface area contributed by atoms with Crippen LogP contribution in [0.5, 0.6) is 0 Å². The summed E-state index contributed by atoms with van der Waals surface area (Å²) in [5, 5.41) is 3.41. The monoisotopic (exact) mass is 373 g/mol. The van der Waals surface area contributed by atoms with E-state index in [-0.39, 0.29) is 5.91 Å². The van der Waals surface area contributed by atoms with Crippen LogP contribution in [0, 0.1) is 6.92 Å². The number of hydrogen-bond donors (Lipinski definition) is 1. The van der Waals surface area contributed by atoms with Gasteiger partial charge in [-0.05, 0) is 28.9 Å². The maximum absolute atomic E-state index is 12.2. The fraction of sp³-hybridized carbons (Fsp3) is 0.0625. The molecule has 1 amide bonds. The summed E-state index contributed by atoms with van der Waals surface area (Å²) in [5.74, 6) is -0.220. The molecule has 0 saturated carbocycles. The zero-order chi connectivity index (χ0) is 15.5. The van der Waals surface area contributed by atoms with Gasteiger partial charge in [-0.15, -0.1) is 11.3 Å².